The highest BCUT2D eigenvalue weighted by Crippen LogP contribution is 2.28. The fraction of sp³-hybridized carbons (Fsp3) is 0.333. The maximum absolute atomic E-state index is 11.0. The fourth-order valence-corrected chi connectivity index (χ4v) is 1.71. The van der Waals surface area contributed by atoms with Crippen molar-refractivity contribution in [3.63, 3.8) is 0 Å². The van der Waals surface area contributed by atoms with Crippen molar-refractivity contribution < 1.29 is 13.5 Å². The topological polar surface area (TPSA) is 69.6 Å². The van der Waals surface area contributed by atoms with Crippen LogP contribution in [0, 0.1) is 0 Å². The van der Waals surface area contributed by atoms with Gasteiger partial charge in [0.25, 0.3) is 0 Å². The Morgan fingerprint density at radius 1 is 1.33 bits per heavy atom. The van der Waals surface area contributed by atoms with Crippen LogP contribution in [0.5, 0.6) is 5.75 Å². The molecule has 0 atom stereocenters. The van der Waals surface area contributed by atoms with Gasteiger partial charge in [0.1, 0.15) is 5.75 Å². The largest absolute Gasteiger partial charge is 0.506 e. The third-order valence-electron chi connectivity index (χ3n) is 1.76. The zero-order valence-electron chi connectivity index (χ0n) is 8.85. The van der Waals surface area contributed by atoms with Crippen LogP contribution in [0.1, 0.15) is 0 Å². The number of benzene rings is 1. The Bertz CT molecular complexity index is 454. The highest BCUT2D eigenvalue weighted by Gasteiger charge is 2.07. The van der Waals surface area contributed by atoms with E-state index >= 15 is 0 Å². The molecular weight excluding hydrogens is 216 g/mol. The Hall–Kier alpha value is -1.43. The molecule has 1 rings (SSSR count). The van der Waals surface area contributed by atoms with Crippen LogP contribution < -0.4 is 9.62 Å². The van der Waals surface area contributed by atoms with Crippen molar-refractivity contribution in [2.75, 3.05) is 30.0 Å². The van der Waals surface area contributed by atoms with Crippen LogP contribution in [0.15, 0.2) is 18.2 Å². The molecule has 0 aliphatic heterocycles. The van der Waals surface area contributed by atoms with Crippen molar-refractivity contribution in [1.82, 2.24) is 0 Å². The minimum Gasteiger partial charge on any atom is -0.506 e. The average molecular weight is 230 g/mol. The van der Waals surface area contributed by atoms with Crippen LogP contribution in [0.4, 0.5) is 11.4 Å². The van der Waals surface area contributed by atoms with Gasteiger partial charge in [0.15, 0.2) is 0 Å². The molecule has 0 amide bonds. The number of phenols is 1. The lowest BCUT2D eigenvalue weighted by Crippen LogP contribution is -2.12. The number of hydrogen-bond acceptors (Lipinski definition) is 4. The summed E-state index contributed by atoms with van der Waals surface area (Å²) in [6.07, 6.45) is 1.08. The molecule has 0 aromatic heterocycles. The van der Waals surface area contributed by atoms with E-state index in [1.807, 2.05) is 0 Å². The first-order chi connectivity index (χ1) is 6.79. The van der Waals surface area contributed by atoms with E-state index in [0.717, 1.165) is 6.26 Å². The van der Waals surface area contributed by atoms with Gasteiger partial charge in [-0.3, -0.25) is 4.72 Å². The first-order valence-electron chi connectivity index (χ1n) is 4.28. The molecule has 1 aromatic carbocycles. The molecule has 0 saturated heterocycles. The van der Waals surface area contributed by atoms with E-state index in [1.54, 1.807) is 25.1 Å². The molecule has 0 fully saturated rings. The second-order valence-electron chi connectivity index (χ2n) is 3.47. The zero-order valence-corrected chi connectivity index (χ0v) is 9.67. The van der Waals surface area contributed by atoms with E-state index in [2.05, 4.69) is 4.72 Å². The third-order valence-corrected chi connectivity index (χ3v) is 2.37. The van der Waals surface area contributed by atoms with Gasteiger partial charge in [0, 0.05) is 14.1 Å². The molecule has 0 saturated carbocycles. The van der Waals surface area contributed by atoms with Crippen LogP contribution in [0.3, 0.4) is 0 Å². The van der Waals surface area contributed by atoms with Crippen LogP contribution >= 0.6 is 0 Å². The lowest BCUT2D eigenvalue weighted by atomic mass is 10.2. The number of aromatic hydroxyl groups is 1. The van der Waals surface area contributed by atoms with E-state index in [-0.39, 0.29) is 5.75 Å². The van der Waals surface area contributed by atoms with Crippen molar-refractivity contribution in [2.45, 2.75) is 0 Å². The Labute approximate surface area is 89.4 Å². The molecule has 0 spiro atoms. The van der Waals surface area contributed by atoms with Crippen molar-refractivity contribution in [3.05, 3.63) is 18.2 Å². The van der Waals surface area contributed by atoms with Gasteiger partial charge >= 0.3 is 0 Å². The van der Waals surface area contributed by atoms with Crippen LogP contribution in [-0.4, -0.2) is 33.9 Å². The van der Waals surface area contributed by atoms with E-state index < -0.39 is 10.0 Å². The van der Waals surface area contributed by atoms with Gasteiger partial charge in [-0.1, -0.05) is 0 Å². The SMILES string of the molecule is CN(C)c1cc(NS(C)(=O)=O)ccc1O. The normalized spacial score (nSPS) is 11.1. The number of sulfonamides is 1. The van der Waals surface area contributed by atoms with E-state index in [1.165, 1.54) is 12.1 Å². The molecule has 6 heteroatoms. The third kappa shape index (κ3) is 3.32. The maximum atomic E-state index is 11.0. The standard InChI is InChI=1S/C9H14N2O3S/c1-11(2)8-6-7(4-5-9(8)12)10-15(3,13)14/h4-6,10,12H,1-3H3. The quantitative estimate of drug-likeness (QED) is 0.755. The number of anilines is 2. The first-order valence-corrected chi connectivity index (χ1v) is 6.17. The minimum atomic E-state index is -3.28. The monoisotopic (exact) mass is 230 g/mol. The lowest BCUT2D eigenvalue weighted by Gasteiger charge is -2.15. The van der Waals surface area contributed by atoms with E-state index in [9.17, 15) is 13.5 Å². The Balaban J connectivity index is 3.08. The van der Waals surface area contributed by atoms with Crippen molar-refractivity contribution in [1.29, 1.82) is 0 Å². The van der Waals surface area contributed by atoms with E-state index in [4.69, 9.17) is 0 Å². The predicted molar refractivity (Wildman–Crippen MR) is 60.9 cm³/mol. The average Bonchev–Trinajstić information content (AvgIpc) is 2.05. The summed E-state index contributed by atoms with van der Waals surface area (Å²) in [6, 6.07) is 4.52. The smallest absolute Gasteiger partial charge is 0.229 e. The number of nitrogens with zero attached hydrogens (tertiary/aromatic N) is 1. The molecule has 5 nitrogen and oxygen atoms in total. The molecule has 0 bridgehead atoms. The summed E-state index contributed by atoms with van der Waals surface area (Å²) in [6.45, 7) is 0. The Kier molecular flexibility index (Phi) is 3.09. The molecule has 15 heavy (non-hydrogen) atoms. The van der Waals surface area contributed by atoms with Crippen LogP contribution in [0.2, 0.25) is 0 Å². The summed E-state index contributed by atoms with van der Waals surface area (Å²) in [5.41, 5.74) is 0.989. The fourth-order valence-electron chi connectivity index (χ4n) is 1.16. The molecule has 1 aromatic rings. The number of hydrogen-bond donors (Lipinski definition) is 2. The summed E-state index contributed by atoms with van der Waals surface area (Å²) >= 11 is 0. The number of rotatable bonds is 3. The molecule has 0 aliphatic carbocycles. The van der Waals surface area contributed by atoms with Gasteiger partial charge < -0.3 is 10.0 Å². The molecule has 0 unspecified atom stereocenters. The molecule has 0 aliphatic rings. The summed E-state index contributed by atoms with van der Waals surface area (Å²) in [4.78, 5) is 1.70. The molecule has 84 valence electrons. The molecule has 2 N–H and O–H groups in total. The zero-order chi connectivity index (χ0) is 11.6. The maximum Gasteiger partial charge on any atom is 0.229 e. The first kappa shape index (κ1) is 11.6. The summed E-state index contributed by atoms with van der Waals surface area (Å²) in [5, 5.41) is 9.48. The van der Waals surface area contributed by atoms with Crippen molar-refractivity contribution >= 4 is 21.4 Å². The van der Waals surface area contributed by atoms with Crippen molar-refractivity contribution in [2.24, 2.45) is 0 Å². The highest BCUT2D eigenvalue weighted by atomic mass is 32.2. The van der Waals surface area contributed by atoms with Gasteiger partial charge in [0.2, 0.25) is 10.0 Å². The Morgan fingerprint density at radius 2 is 1.93 bits per heavy atom. The summed E-state index contributed by atoms with van der Waals surface area (Å²) in [5.74, 6) is 0.110. The molecular formula is C9H14N2O3S. The highest BCUT2D eigenvalue weighted by molar-refractivity contribution is 7.92. The van der Waals surface area contributed by atoms with Gasteiger partial charge in [-0.15, -0.1) is 0 Å². The minimum absolute atomic E-state index is 0.110. The predicted octanol–water partition coefficient (Wildman–Crippen LogP) is 0.830. The van der Waals surface area contributed by atoms with Crippen molar-refractivity contribution in [3.8, 4) is 5.75 Å². The second-order valence-corrected chi connectivity index (χ2v) is 5.22. The van der Waals surface area contributed by atoms with Crippen LogP contribution in [-0.2, 0) is 10.0 Å². The second kappa shape index (κ2) is 3.98. The van der Waals surface area contributed by atoms with Gasteiger partial charge in [-0.25, -0.2) is 8.42 Å². The molecule has 0 radical (unpaired) electrons. The van der Waals surface area contributed by atoms with E-state index in [0.29, 0.717) is 11.4 Å². The number of nitrogens with one attached hydrogen (secondary N) is 1. The lowest BCUT2D eigenvalue weighted by molar-refractivity contribution is 0.476. The summed E-state index contributed by atoms with van der Waals surface area (Å²) < 4.78 is 24.3. The Morgan fingerprint density at radius 3 is 2.40 bits per heavy atom. The van der Waals surface area contributed by atoms with Gasteiger partial charge in [-0.2, -0.15) is 0 Å². The van der Waals surface area contributed by atoms with Gasteiger partial charge in [0.05, 0.1) is 17.6 Å². The number of phenolic OH excluding ortho intramolecular Hbond substituents is 1. The summed E-state index contributed by atoms with van der Waals surface area (Å²) in [7, 11) is 0.244. The van der Waals surface area contributed by atoms with Gasteiger partial charge in [-0.05, 0) is 18.2 Å². The van der Waals surface area contributed by atoms with Crippen LogP contribution in [0.25, 0.3) is 0 Å². The molecule has 0 heterocycles.